The molecule has 0 amide bonds. The summed E-state index contributed by atoms with van der Waals surface area (Å²) in [7, 11) is 0. The first-order chi connectivity index (χ1) is 9.11. The topological polar surface area (TPSA) is 33.0 Å². The summed E-state index contributed by atoms with van der Waals surface area (Å²) < 4.78 is 44.7. The Morgan fingerprint density at radius 1 is 1.05 bits per heavy atom. The van der Waals surface area contributed by atoms with Crippen molar-refractivity contribution in [1.82, 2.24) is 0 Å². The molecule has 0 radical (unpaired) electrons. The monoisotopic (exact) mass is 263 g/mol. The predicted molar refractivity (Wildman–Crippen MR) is 61.8 cm³/mol. The molecule has 96 valence electrons. The summed E-state index contributed by atoms with van der Waals surface area (Å²) in [5, 5.41) is 8.59. The van der Waals surface area contributed by atoms with Crippen molar-refractivity contribution in [3.63, 3.8) is 0 Å². The molecular formula is C14H8F3NO. The lowest BCUT2D eigenvalue weighted by atomic mass is 10.1. The van der Waals surface area contributed by atoms with E-state index in [9.17, 15) is 13.2 Å². The third kappa shape index (κ3) is 2.86. The van der Waals surface area contributed by atoms with Crippen LogP contribution in [0.15, 0.2) is 36.4 Å². The van der Waals surface area contributed by atoms with Crippen LogP contribution in [0.1, 0.15) is 11.1 Å². The van der Waals surface area contributed by atoms with Crippen LogP contribution < -0.4 is 4.74 Å². The molecule has 0 spiro atoms. The molecule has 0 fully saturated rings. The van der Waals surface area contributed by atoms with Crippen LogP contribution in [0.2, 0.25) is 0 Å². The van der Waals surface area contributed by atoms with Crippen molar-refractivity contribution in [1.29, 1.82) is 5.26 Å². The van der Waals surface area contributed by atoms with E-state index >= 15 is 0 Å². The minimum atomic E-state index is -1.11. The van der Waals surface area contributed by atoms with Crippen molar-refractivity contribution in [2.75, 3.05) is 0 Å². The fourth-order valence-electron chi connectivity index (χ4n) is 1.48. The van der Waals surface area contributed by atoms with Gasteiger partial charge in [0.25, 0.3) is 0 Å². The van der Waals surface area contributed by atoms with Crippen molar-refractivity contribution in [2.45, 2.75) is 6.61 Å². The van der Waals surface area contributed by atoms with Crippen LogP contribution in [-0.2, 0) is 6.61 Å². The van der Waals surface area contributed by atoms with Crippen LogP contribution in [0.25, 0.3) is 0 Å². The van der Waals surface area contributed by atoms with Crippen LogP contribution in [-0.4, -0.2) is 0 Å². The van der Waals surface area contributed by atoms with Gasteiger partial charge in [-0.05, 0) is 24.3 Å². The van der Waals surface area contributed by atoms with Gasteiger partial charge in [0.2, 0.25) is 5.82 Å². The maximum atomic E-state index is 13.5. The number of rotatable bonds is 3. The first kappa shape index (κ1) is 13.0. The van der Waals surface area contributed by atoms with E-state index in [0.29, 0.717) is 0 Å². The van der Waals surface area contributed by atoms with Crippen molar-refractivity contribution < 1.29 is 17.9 Å². The number of nitrogens with zero attached hydrogens (tertiary/aromatic N) is 1. The molecule has 0 bridgehead atoms. The average Bonchev–Trinajstić information content (AvgIpc) is 2.41. The highest BCUT2D eigenvalue weighted by Crippen LogP contribution is 2.21. The molecule has 2 rings (SSSR count). The van der Waals surface area contributed by atoms with Gasteiger partial charge in [-0.2, -0.15) is 9.65 Å². The molecule has 0 unspecified atom stereocenters. The number of ether oxygens (including phenoxy) is 1. The maximum Gasteiger partial charge on any atom is 0.200 e. The molecule has 0 saturated carbocycles. The zero-order valence-corrected chi connectivity index (χ0v) is 9.66. The fraction of sp³-hybridized carbons (Fsp3) is 0.0714. The zero-order chi connectivity index (χ0) is 13.8. The van der Waals surface area contributed by atoms with Crippen LogP contribution in [0, 0.1) is 28.8 Å². The van der Waals surface area contributed by atoms with Crippen LogP contribution >= 0.6 is 0 Å². The van der Waals surface area contributed by atoms with E-state index in [0.717, 1.165) is 12.1 Å². The number of nitriles is 1. The number of benzene rings is 2. The molecule has 2 aromatic carbocycles. The number of halogens is 3. The molecule has 0 atom stereocenters. The number of hydrogen-bond donors (Lipinski definition) is 0. The maximum absolute atomic E-state index is 13.5. The Morgan fingerprint density at radius 2 is 1.84 bits per heavy atom. The van der Waals surface area contributed by atoms with Gasteiger partial charge in [0.1, 0.15) is 12.4 Å². The van der Waals surface area contributed by atoms with Gasteiger partial charge >= 0.3 is 0 Å². The van der Waals surface area contributed by atoms with Crippen molar-refractivity contribution in [3.05, 3.63) is 65.0 Å². The van der Waals surface area contributed by atoms with Gasteiger partial charge in [0, 0.05) is 5.56 Å². The van der Waals surface area contributed by atoms with Gasteiger partial charge in [0.15, 0.2) is 11.6 Å². The molecule has 0 saturated heterocycles. The summed E-state index contributed by atoms with van der Waals surface area (Å²) in [5.74, 6) is -3.06. The molecule has 0 aliphatic rings. The largest absolute Gasteiger partial charge is 0.486 e. The highest BCUT2D eigenvalue weighted by molar-refractivity contribution is 5.33. The normalized spacial score (nSPS) is 10.0. The standard InChI is InChI=1S/C14H8F3NO/c15-11-2-1-3-13(14(11)17)19-8-10-5-4-9(7-18)6-12(10)16/h1-6H,8H2. The molecular weight excluding hydrogens is 255 g/mol. The van der Waals surface area contributed by atoms with E-state index in [-0.39, 0.29) is 23.5 Å². The second kappa shape index (κ2) is 5.44. The van der Waals surface area contributed by atoms with Gasteiger partial charge in [-0.15, -0.1) is 0 Å². The van der Waals surface area contributed by atoms with Crippen molar-refractivity contribution in [3.8, 4) is 11.8 Å². The van der Waals surface area contributed by atoms with Crippen molar-refractivity contribution in [2.24, 2.45) is 0 Å². The van der Waals surface area contributed by atoms with E-state index in [2.05, 4.69) is 0 Å². The lowest BCUT2D eigenvalue weighted by molar-refractivity contribution is 0.279. The van der Waals surface area contributed by atoms with Gasteiger partial charge in [-0.1, -0.05) is 12.1 Å². The van der Waals surface area contributed by atoms with Crippen molar-refractivity contribution >= 4 is 0 Å². The first-order valence-electron chi connectivity index (χ1n) is 5.37. The highest BCUT2D eigenvalue weighted by Gasteiger charge is 2.10. The SMILES string of the molecule is N#Cc1ccc(COc2cccc(F)c2F)c(F)c1. The van der Waals surface area contributed by atoms with E-state index in [1.165, 1.54) is 24.3 Å². The summed E-state index contributed by atoms with van der Waals surface area (Å²) in [6.07, 6.45) is 0. The van der Waals surface area contributed by atoms with Gasteiger partial charge in [-0.25, -0.2) is 8.78 Å². The molecule has 19 heavy (non-hydrogen) atoms. The summed E-state index contributed by atoms with van der Waals surface area (Å²) >= 11 is 0. The summed E-state index contributed by atoms with van der Waals surface area (Å²) in [4.78, 5) is 0. The van der Waals surface area contributed by atoms with Crippen LogP contribution in [0.4, 0.5) is 13.2 Å². The lowest BCUT2D eigenvalue weighted by Crippen LogP contribution is -2.01. The average molecular weight is 263 g/mol. The van der Waals surface area contributed by atoms with E-state index in [1.807, 2.05) is 0 Å². The molecule has 0 heterocycles. The predicted octanol–water partition coefficient (Wildman–Crippen LogP) is 3.55. The van der Waals surface area contributed by atoms with E-state index < -0.39 is 17.5 Å². The highest BCUT2D eigenvalue weighted by atomic mass is 19.2. The Kier molecular flexibility index (Phi) is 3.71. The molecule has 0 aromatic heterocycles. The molecule has 0 aliphatic heterocycles. The quantitative estimate of drug-likeness (QED) is 0.848. The van der Waals surface area contributed by atoms with E-state index in [1.54, 1.807) is 6.07 Å². The third-order valence-corrected chi connectivity index (χ3v) is 2.48. The summed E-state index contributed by atoms with van der Waals surface area (Å²) in [6.45, 7) is -0.252. The smallest absolute Gasteiger partial charge is 0.200 e. The molecule has 2 nitrogen and oxygen atoms in total. The Morgan fingerprint density at radius 3 is 2.53 bits per heavy atom. The Balaban J connectivity index is 2.15. The Labute approximate surface area is 107 Å². The molecule has 2 aromatic rings. The summed E-state index contributed by atoms with van der Waals surface area (Å²) in [5.41, 5.74) is 0.334. The number of hydrogen-bond acceptors (Lipinski definition) is 2. The molecule has 0 N–H and O–H groups in total. The third-order valence-electron chi connectivity index (χ3n) is 2.48. The first-order valence-corrected chi connectivity index (χ1v) is 5.37. The minimum Gasteiger partial charge on any atom is -0.486 e. The van der Waals surface area contributed by atoms with E-state index in [4.69, 9.17) is 10.00 Å². The second-order valence-corrected chi connectivity index (χ2v) is 3.76. The molecule has 0 aliphatic carbocycles. The van der Waals surface area contributed by atoms with Gasteiger partial charge < -0.3 is 4.74 Å². The van der Waals surface area contributed by atoms with Crippen LogP contribution in [0.3, 0.4) is 0 Å². The Hall–Kier alpha value is -2.48. The zero-order valence-electron chi connectivity index (χ0n) is 9.66. The molecule has 5 heteroatoms. The van der Waals surface area contributed by atoms with Crippen LogP contribution in [0.5, 0.6) is 5.75 Å². The summed E-state index contributed by atoms with van der Waals surface area (Å²) in [6, 6.07) is 9.14. The lowest BCUT2D eigenvalue weighted by Gasteiger charge is -2.08. The minimum absolute atomic E-state index is 0.155. The Bertz CT molecular complexity index is 650. The van der Waals surface area contributed by atoms with Gasteiger partial charge in [0.05, 0.1) is 11.6 Å². The van der Waals surface area contributed by atoms with Gasteiger partial charge in [-0.3, -0.25) is 0 Å². The second-order valence-electron chi connectivity index (χ2n) is 3.76. The fourth-order valence-corrected chi connectivity index (χ4v) is 1.48.